The van der Waals surface area contributed by atoms with Crippen molar-refractivity contribution in [2.24, 2.45) is 0 Å². The van der Waals surface area contributed by atoms with E-state index in [1.54, 1.807) is 0 Å². The Balaban J connectivity index is 4.33. The fourth-order valence-electron chi connectivity index (χ4n) is 9.75. The molecule has 0 heterocycles. The highest BCUT2D eigenvalue weighted by atomic mass is 16.6. The Labute approximate surface area is 513 Å². The molecular formula is C77H130O6. The van der Waals surface area contributed by atoms with Crippen molar-refractivity contribution in [3.63, 3.8) is 0 Å². The molecule has 0 radical (unpaired) electrons. The van der Waals surface area contributed by atoms with E-state index in [4.69, 9.17) is 14.2 Å². The highest BCUT2D eigenvalue weighted by Gasteiger charge is 2.19. The molecule has 0 saturated carbocycles. The Kier molecular flexibility index (Phi) is 66.7. The van der Waals surface area contributed by atoms with E-state index in [0.29, 0.717) is 19.3 Å². The number of hydrogen-bond donors (Lipinski definition) is 0. The van der Waals surface area contributed by atoms with Crippen molar-refractivity contribution in [1.82, 2.24) is 0 Å². The van der Waals surface area contributed by atoms with Crippen molar-refractivity contribution >= 4 is 17.9 Å². The summed E-state index contributed by atoms with van der Waals surface area (Å²) in [5.41, 5.74) is 0. The van der Waals surface area contributed by atoms with Crippen molar-refractivity contribution in [3.8, 4) is 0 Å². The molecule has 0 spiro atoms. The van der Waals surface area contributed by atoms with E-state index in [1.807, 2.05) is 0 Å². The second kappa shape index (κ2) is 70.3. The third-order valence-electron chi connectivity index (χ3n) is 14.9. The highest BCUT2D eigenvalue weighted by Crippen LogP contribution is 2.17. The Morgan fingerprint density at radius 1 is 0.253 bits per heavy atom. The van der Waals surface area contributed by atoms with Gasteiger partial charge in [0.05, 0.1) is 0 Å². The molecule has 0 aromatic carbocycles. The van der Waals surface area contributed by atoms with Crippen LogP contribution in [0.4, 0.5) is 0 Å². The van der Waals surface area contributed by atoms with Gasteiger partial charge in [-0.3, -0.25) is 14.4 Å². The van der Waals surface area contributed by atoms with Gasteiger partial charge in [0.15, 0.2) is 6.10 Å². The van der Waals surface area contributed by atoms with E-state index >= 15 is 0 Å². The van der Waals surface area contributed by atoms with Crippen LogP contribution in [0.2, 0.25) is 0 Å². The lowest BCUT2D eigenvalue weighted by molar-refractivity contribution is -0.167. The minimum atomic E-state index is -0.791. The summed E-state index contributed by atoms with van der Waals surface area (Å²) in [6, 6.07) is 0. The van der Waals surface area contributed by atoms with Gasteiger partial charge in [-0.25, -0.2) is 0 Å². The fourth-order valence-corrected chi connectivity index (χ4v) is 9.75. The SMILES string of the molecule is CC/C=C\C/C=C\C/C=C\C/C=C\CCCCCCCCCCCCCCCCC(=O)OCC(COC(=O)CCCCCCC/C=C\C/C=C\CCCCC)OC(=O)CCCCCCCCCCCC/C=C\C/C=C\C/C=C\C/C=C\CC. The van der Waals surface area contributed by atoms with Crippen LogP contribution in [0.3, 0.4) is 0 Å². The predicted octanol–water partition coefficient (Wildman–Crippen LogP) is 24.3. The minimum absolute atomic E-state index is 0.0847. The summed E-state index contributed by atoms with van der Waals surface area (Å²) >= 11 is 0. The van der Waals surface area contributed by atoms with Crippen LogP contribution < -0.4 is 0 Å². The van der Waals surface area contributed by atoms with Crippen molar-refractivity contribution in [2.75, 3.05) is 13.2 Å². The third kappa shape index (κ3) is 68.5. The number of esters is 3. The first kappa shape index (κ1) is 78.8. The number of carbonyl (C=O) groups excluding carboxylic acids is 3. The van der Waals surface area contributed by atoms with Gasteiger partial charge in [0, 0.05) is 19.3 Å². The van der Waals surface area contributed by atoms with E-state index in [-0.39, 0.29) is 31.1 Å². The molecule has 6 nitrogen and oxygen atoms in total. The van der Waals surface area contributed by atoms with E-state index in [1.165, 1.54) is 154 Å². The van der Waals surface area contributed by atoms with Gasteiger partial charge in [0.1, 0.15) is 13.2 Å². The van der Waals surface area contributed by atoms with Crippen molar-refractivity contribution < 1.29 is 28.6 Å². The lowest BCUT2D eigenvalue weighted by atomic mass is 10.0. The first-order chi connectivity index (χ1) is 41.0. The monoisotopic (exact) mass is 1150 g/mol. The summed E-state index contributed by atoms with van der Waals surface area (Å²) < 4.78 is 17.0. The lowest BCUT2D eigenvalue weighted by Gasteiger charge is -2.18. The largest absolute Gasteiger partial charge is 0.462 e. The molecule has 0 rings (SSSR count). The first-order valence-electron chi connectivity index (χ1n) is 35.0. The average molecular weight is 1150 g/mol. The maximum atomic E-state index is 13.0. The minimum Gasteiger partial charge on any atom is -0.462 e. The molecule has 0 saturated heterocycles. The van der Waals surface area contributed by atoms with Crippen LogP contribution >= 0.6 is 0 Å². The molecule has 0 aromatic heterocycles. The molecule has 0 aromatic rings. The smallest absolute Gasteiger partial charge is 0.306 e. The molecule has 0 fully saturated rings. The summed E-state index contributed by atoms with van der Waals surface area (Å²) in [6.07, 6.45) is 97.9. The number of hydrogen-bond acceptors (Lipinski definition) is 6. The van der Waals surface area contributed by atoms with Crippen LogP contribution in [-0.2, 0) is 28.6 Å². The van der Waals surface area contributed by atoms with Gasteiger partial charge in [-0.1, -0.05) is 303 Å². The molecule has 474 valence electrons. The van der Waals surface area contributed by atoms with Crippen LogP contribution in [0.25, 0.3) is 0 Å². The molecule has 1 unspecified atom stereocenters. The standard InChI is InChI=1S/C77H130O6/c1-4-7-10-13-16-19-22-25-28-30-32-34-36-37-38-39-41-42-44-46-49-52-55-58-61-64-67-70-76(79)82-73-74(72-81-75(78)69-66-63-60-57-54-51-48-27-24-21-18-15-12-9-6-3)83-77(80)71-68-65-62-59-56-53-50-47-45-43-40-35-33-31-29-26-23-20-17-14-11-8-5-2/h7-8,10-11,16-21,25-29,32-35,48,74H,4-6,9,12-15,22-24,30-31,36-47,49-73H2,1-3H3/b10-7-,11-8-,19-16-,20-17-,21-18-,28-25-,29-26-,34-32-,35-33-,48-27-. The molecule has 0 aliphatic heterocycles. The maximum Gasteiger partial charge on any atom is 0.306 e. The molecule has 6 heteroatoms. The van der Waals surface area contributed by atoms with Crippen molar-refractivity contribution in [3.05, 3.63) is 122 Å². The summed E-state index contributed by atoms with van der Waals surface area (Å²) in [4.78, 5) is 38.5. The summed E-state index contributed by atoms with van der Waals surface area (Å²) in [7, 11) is 0. The topological polar surface area (TPSA) is 78.9 Å². The fraction of sp³-hybridized carbons (Fsp3) is 0.701. The Morgan fingerprint density at radius 2 is 0.470 bits per heavy atom. The lowest BCUT2D eigenvalue weighted by Crippen LogP contribution is -2.30. The van der Waals surface area contributed by atoms with Crippen LogP contribution in [0.5, 0.6) is 0 Å². The molecule has 83 heavy (non-hydrogen) atoms. The summed E-state index contributed by atoms with van der Waals surface area (Å²) in [6.45, 7) is 6.41. The van der Waals surface area contributed by atoms with E-state index in [9.17, 15) is 14.4 Å². The van der Waals surface area contributed by atoms with Crippen LogP contribution in [0.1, 0.15) is 329 Å². The van der Waals surface area contributed by atoms with Gasteiger partial charge < -0.3 is 14.2 Å². The van der Waals surface area contributed by atoms with Crippen molar-refractivity contribution in [1.29, 1.82) is 0 Å². The van der Waals surface area contributed by atoms with Gasteiger partial charge in [0.25, 0.3) is 0 Å². The molecule has 0 bridgehead atoms. The Hall–Kier alpha value is -4.19. The van der Waals surface area contributed by atoms with Gasteiger partial charge in [-0.05, 0) is 128 Å². The Morgan fingerprint density at radius 3 is 0.735 bits per heavy atom. The van der Waals surface area contributed by atoms with Crippen LogP contribution in [-0.4, -0.2) is 37.2 Å². The van der Waals surface area contributed by atoms with E-state index in [2.05, 4.69) is 142 Å². The molecule has 0 aliphatic rings. The highest BCUT2D eigenvalue weighted by molar-refractivity contribution is 5.71. The number of unbranched alkanes of at least 4 members (excludes halogenated alkanes) is 32. The van der Waals surface area contributed by atoms with Crippen LogP contribution in [0, 0.1) is 0 Å². The normalized spacial score (nSPS) is 12.9. The molecular weight excluding hydrogens is 1020 g/mol. The van der Waals surface area contributed by atoms with E-state index < -0.39 is 6.10 Å². The second-order valence-corrected chi connectivity index (χ2v) is 23.0. The second-order valence-electron chi connectivity index (χ2n) is 23.0. The zero-order chi connectivity index (χ0) is 59.9. The molecule has 0 aliphatic carbocycles. The number of allylic oxidation sites excluding steroid dienone is 20. The van der Waals surface area contributed by atoms with Gasteiger partial charge in [-0.2, -0.15) is 0 Å². The van der Waals surface area contributed by atoms with Gasteiger partial charge >= 0.3 is 17.9 Å². The molecule has 0 N–H and O–H groups in total. The van der Waals surface area contributed by atoms with Gasteiger partial charge in [-0.15, -0.1) is 0 Å². The van der Waals surface area contributed by atoms with E-state index in [0.717, 1.165) is 135 Å². The average Bonchev–Trinajstić information content (AvgIpc) is 3.49. The zero-order valence-electron chi connectivity index (χ0n) is 54.4. The summed E-state index contributed by atoms with van der Waals surface area (Å²) in [5.74, 6) is -0.892. The molecule has 0 amide bonds. The van der Waals surface area contributed by atoms with Crippen molar-refractivity contribution in [2.45, 2.75) is 335 Å². The summed E-state index contributed by atoms with van der Waals surface area (Å²) in [5, 5.41) is 0. The third-order valence-corrected chi connectivity index (χ3v) is 14.9. The zero-order valence-corrected chi connectivity index (χ0v) is 54.4. The predicted molar refractivity (Wildman–Crippen MR) is 362 cm³/mol. The number of carbonyl (C=O) groups is 3. The number of ether oxygens (including phenoxy) is 3. The Bertz CT molecular complexity index is 1700. The van der Waals surface area contributed by atoms with Gasteiger partial charge in [0.2, 0.25) is 0 Å². The number of rotatable bonds is 63. The molecule has 1 atom stereocenters. The van der Waals surface area contributed by atoms with Crippen LogP contribution in [0.15, 0.2) is 122 Å². The maximum absolute atomic E-state index is 13.0. The first-order valence-corrected chi connectivity index (χ1v) is 35.0. The quantitative estimate of drug-likeness (QED) is 0.0261.